The minimum Gasteiger partial charge on any atom is -0.466 e. The highest BCUT2D eigenvalue weighted by molar-refractivity contribution is 6.30. The molecule has 0 atom stereocenters. The molecule has 0 bridgehead atoms. The predicted octanol–water partition coefficient (Wildman–Crippen LogP) is 1.40. The zero-order valence-corrected chi connectivity index (χ0v) is 10.2. The van der Waals surface area contributed by atoms with Crippen LogP contribution < -0.4 is 5.59 Å². The number of aromatic nitrogens is 1. The average Bonchev–Trinajstić information content (AvgIpc) is 2.19. The molecule has 0 aromatic carbocycles. The van der Waals surface area contributed by atoms with Crippen LogP contribution in [0.2, 0.25) is 0 Å². The lowest BCUT2D eigenvalue weighted by atomic mass is 10.0. The number of ether oxygens (including phenoxy) is 1. The van der Waals surface area contributed by atoms with Crippen LogP contribution in [0.15, 0.2) is 18.2 Å². The minimum atomic E-state index is -0.277. The summed E-state index contributed by atoms with van der Waals surface area (Å²) in [5, 5.41) is 0. The van der Waals surface area contributed by atoms with Gasteiger partial charge in [0.25, 0.3) is 0 Å². The van der Waals surface area contributed by atoms with E-state index in [0.717, 1.165) is 0 Å². The summed E-state index contributed by atoms with van der Waals surface area (Å²) in [4.78, 5) is 15.0. The van der Waals surface area contributed by atoms with Crippen LogP contribution in [0.25, 0.3) is 0 Å². The van der Waals surface area contributed by atoms with Crippen molar-refractivity contribution in [3.63, 3.8) is 0 Å². The van der Waals surface area contributed by atoms with Crippen LogP contribution in [0, 0.1) is 0 Å². The first-order valence-corrected chi connectivity index (χ1v) is 5.51. The fraction of sp³-hybridized carbons (Fsp3) is 0.500. The van der Waals surface area contributed by atoms with Crippen molar-refractivity contribution in [2.75, 3.05) is 6.61 Å². The van der Waals surface area contributed by atoms with Crippen LogP contribution in [-0.4, -0.2) is 25.4 Å². The molecule has 86 valence electrons. The molecule has 0 N–H and O–H groups in total. The summed E-state index contributed by atoms with van der Waals surface area (Å²) in [6.45, 7) is 6.41. The van der Waals surface area contributed by atoms with Gasteiger partial charge in [0.05, 0.1) is 18.7 Å². The van der Waals surface area contributed by atoms with E-state index in [4.69, 9.17) is 12.6 Å². The Hall–Kier alpha value is -1.32. The average molecular weight is 219 g/mol. The normalized spacial score (nSPS) is 8.94. The number of esters is 1. The molecule has 0 saturated heterocycles. The third-order valence-electron chi connectivity index (χ3n) is 1.46. The van der Waals surface area contributed by atoms with Crippen molar-refractivity contribution >= 4 is 19.4 Å². The molecule has 3 nitrogen and oxygen atoms in total. The zero-order valence-electron chi connectivity index (χ0n) is 10.2. The van der Waals surface area contributed by atoms with Gasteiger partial charge in [-0.05, 0) is 18.6 Å². The number of nitrogens with zero attached hydrogens (tertiary/aromatic N) is 1. The minimum absolute atomic E-state index is 0.179. The van der Waals surface area contributed by atoms with Crippen LogP contribution in [0.3, 0.4) is 0 Å². The Kier molecular flexibility index (Phi) is 8.21. The van der Waals surface area contributed by atoms with Gasteiger partial charge in [-0.2, -0.15) is 0 Å². The van der Waals surface area contributed by atoms with E-state index < -0.39 is 0 Å². The van der Waals surface area contributed by atoms with Gasteiger partial charge in [-0.3, -0.25) is 9.78 Å². The number of carbonyl (C=O) groups excluding carboxylic acids is 1. The van der Waals surface area contributed by atoms with Gasteiger partial charge in [0.1, 0.15) is 7.85 Å². The van der Waals surface area contributed by atoms with E-state index in [9.17, 15) is 4.79 Å². The summed E-state index contributed by atoms with van der Waals surface area (Å²) < 4.78 is 4.77. The Balaban J connectivity index is 0.000000673. The number of hydrogen-bond acceptors (Lipinski definition) is 3. The molecule has 2 radical (unpaired) electrons. The molecule has 1 aromatic heterocycles. The lowest BCUT2D eigenvalue weighted by Gasteiger charge is -2.01. The van der Waals surface area contributed by atoms with Gasteiger partial charge in [0.15, 0.2) is 0 Å². The second-order valence-corrected chi connectivity index (χ2v) is 3.24. The summed E-state index contributed by atoms with van der Waals surface area (Å²) >= 11 is 0. The van der Waals surface area contributed by atoms with Crippen molar-refractivity contribution in [1.29, 1.82) is 0 Å². The fourth-order valence-corrected chi connectivity index (χ4v) is 0.956. The van der Waals surface area contributed by atoms with Crippen molar-refractivity contribution in [2.45, 2.75) is 33.6 Å². The van der Waals surface area contributed by atoms with Gasteiger partial charge in [-0.15, -0.1) is 0 Å². The maximum atomic E-state index is 11.0. The summed E-state index contributed by atoms with van der Waals surface area (Å²) in [7, 11) is 5.45. The highest BCUT2D eigenvalue weighted by Gasteiger charge is 2.03. The molecule has 1 aromatic rings. The van der Waals surface area contributed by atoms with E-state index in [-0.39, 0.29) is 12.4 Å². The van der Waals surface area contributed by atoms with Gasteiger partial charge in [0.2, 0.25) is 0 Å². The summed E-state index contributed by atoms with van der Waals surface area (Å²) in [6, 6.07) is 5.18. The molecule has 0 fully saturated rings. The van der Waals surface area contributed by atoms with Gasteiger partial charge in [-0.25, -0.2) is 0 Å². The SMILES string of the molecule is CCC.[B]c1cccc(CC(=O)OCC)n1. The van der Waals surface area contributed by atoms with E-state index >= 15 is 0 Å². The zero-order chi connectivity index (χ0) is 12.4. The number of hydrogen-bond donors (Lipinski definition) is 0. The van der Waals surface area contributed by atoms with Crippen LogP contribution >= 0.6 is 0 Å². The Labute approximate surface area is 98.6 Å². The molecule has 0 unspecified atom stereocenters. The quantitative estimate of drug-likeness (QED) is 0.569. The van der Waals surface area contributed by atoms with Crippen LogP contribution in [0.4, 0.5) is 0 Å². The maximum Gasteiger partial charge on any atom is 0.311 e. The van der Waals surface area contributed by atoms with Crippen molar-refractivity contribution in [3.05, 3.63) is 23.9 Å². The van der Waals surface area contributed by atoms with Crippen molar-refractivity contribution < 1.29 is 9.53 Å². The second-order valence-electron chi connectivity index (χ2n) is 3.24. The largest absolute Gasteiger partial charge is 0.466 e. The van der Waals surface area contributed by atoms with Gasteiger partial charge in [0, 0.05) is 0 Å². The molecule has 0 saturated carbocycles. The van der Waals surface area contributed by atoms with Crippen molar-refractivity contribution in [1.82, 2.24) is 4.98 Å². The molecule has 0 amide bonds. The Morgan fingerprint density at radius 3 is 2.50 bits per heavy atom. The summed E-state index contributed by atoms with van der Waals surface area (Å²) in [6.07, 6.45) is 1.43. The van der Waals surface area contributed by atoms with E-state index in [1.54, 1.807) is 25.1 Å². The highest BCUT2D eigenvalue weighted by Crippen LogP contribution is 1.94. The Bertz CT molecular complexity index is 316. The van der Waals surface area contributed by atoms with E-state index in [1.165, 1.54) is 6.42 Å². The molecule has 0 spiro atoms. The Morgan fingerprint density at radius 1 is 1.38 bits per heavy atom. The molecule has 0 aliphatic heterocycles. The van der Waals surface area contributed by atoms with E-state index in [1.807, 2.05) is 0 Å². The fourth-order valence-electron chi connectivity index (χ4n) is 0.956. The standard InChI is InChI=1S/C9H10BNO2.C3H8/c1-2-13-9(12)6-7-4-3-5-8(10)11-7;1-3-2/h3-5H,2,6H2,1H3;3H2,1-2H3. The molecule has 16 heavy (non-hydrogen) atoms. The molecular weight excluding hydrogens is 201 g/mol. The first-order valence-electron chi connectivity index (χ1n) is 5.51. The number of rotatable bonds is 3. The summed E-state index contributed by atoms with van der Waals surface area (Å²) in [5.41, 5.74) is 1.06. The van der Waals surface area contributed by atoms with Gasteiger partial charge >= 0.3 is 5.97 Å². The van der Waals surface area contributed by atoms with E-state index in [2.05, 4.69) is 18.8 Å². The monoisotopic (exact) mass is 219 g/mol. The Morgan fingerprint density at radius 2 is 2.00 bits per heavy atom. The first-order chi connectivity index (χ1) is 7.63. The predicted molar refractivity (Wildman–Crippen MR) is 65.9 cm³/mol. The van der Waals surface area contributed by atoms with Crippen LogP contribution in [0.5, 0.6) is 0 Å². The molecule has 1 rings (SSSR count). The van der Waals surface area contributed by atoms with Gasteiger partial charge < -0.3 is 4.74 Å². The lowest BCUT2D eigenvalue weighted by Crippen LogP contribution is -2.14. The van der Waals surface area contributed by atoms with Crippen molar-refractivity contribution in [2.24, 2.45) is 0 Å². The topological polar surface area (TPSA) is 39.2 Å². The molecular formula is C12H18BNO2. The third-order valence-corrected chi connectivity index (χ3v) is 1.46. The molecule has 0 aliphatic carbocycles. The van der Waals surface area contributed by atoms with E-state index in [0.29, 0.717) is 17.9 Å². The lowest BCUT2D eigenvalue weighted by molar-refractivity contribution is -0.142. The second kappa shape index (κ2) is 8.95. The smallest absolute Gasteiger partial charge is 0.311 e. The van der Waals surface area contributed by atoms with Crippen LogP contribution in [-0.2, 0) is 16.0 Å². The molecule has 4 heteroatoms. The number of carbonyl (C=O) groups is 1. The first kappa shape index (κ1) is 14.7. The number of pyridine rings is 1. The van der Waals surface area contributed by atoms with Gasteiger partial charge in [-0.1, -0.05) is 32.4 Å². The molecule has 0 aliphatic rings. The van der Waals surface area contributed by atoms with Crippen molar-refractivity contribution in [3.8, 4) is 0 Å². The third kappa shape index (κ3) is 7.04. The summed E-state index contributed by atoms with van der Waals surface area (Å²) in [5.74, 6) is -0.277. The molecule has 1 heterocycles. The maximum absolute atomic E-state index is 11.0. The highest BCUT2D eigenvalue weighted by atomic mass is 16.5. The van der Waals surface area contributed by atoms with Crippen LogP contribution in [0.1, 0.15) is 32.9 Å².